The van der Waals surface area contributed by atoms with Crippen molar-refractivity contribution >= 4 is 17.6 Å². The predicted octanol–water partition coefficient (Wildman–Crippen LogP) is 1.27. The van der Waals surface area contributed by atoms with Crippen molar-refractivity contribution in [2.24, 2.45) is 0 Å². The maximum atomic E-state index is 11.3. The molecule has 6 nitrogen and oxygen atoms in total. The SMILES string of the molecule is COC(=O)C(O)c1c(Cl)c(O)cc(OC)c1OC. The lowest BCUT2D eigenvalue weighted by Crippen LogP contribution is -2.15. The molecule has 1 atom stereocenters. The fourth-order valence-electron chi connectivity index (χ4n) is 1.46. The molecule has 7 heteroatoms. The summed E-state index contributed by atoms with van der Waals surface area (Å²) >= 11 is 5.85. The molecule has 0 radical (unpaired) electrons. The molecule has 0 aromatic heterocycles. The van der Waals surface area contributed by atoms with E-state index in [-0.39, 0.29) is 27.8 Å². The highest BCUT2D eigenvalue weighted by Gasteiger charge is 2.29. The number of hydrogen-bond acceptors (Lipinski definition) is 6. The molecule has 0 aliphatic heterocycles. The highest BCUT2D eigenvalue weighted by atomic mass is 35.5. The lowest BCUT2D eigenvalue weighted by molar-refractivity contribution is -0.150. The first-order valence-electron chi connectivity index (χ1n) is 4.87. The number of aliphatic hydroxyl groups is 1. The lowest BCUT2D eigenvalue weighted by Gasteiger charge is -2.18. The number of benzene rings is 1. The van der Waals surface area contributed by atoms with E-state index >= 15 is 0 Å². The van der Waals surface area contributed by atoms with Crippen LogP contribution in [0, 0.1) is 0 Å². The molecular formula is C11H13ClO6. The van der Waals surface area contributed by atoms with E-state index in [1.54, 1.807) is 0 Å². The smallest absolute Gasteiger partial charge is 0.339 e. The van der Waals surface area contributed by atoms with Gasteiger partial charge in [0.05, 0.1) is 31.9 Å². The number of halogens is 1. The van der Waals surface area contributed by atoms with Crippen LogP contribution in [0.15, 0.2) is 6.07 Å². The third-order valence-electron chi connectivity index (χ3n) is 2.32. The molecule has 0 heterocycles. The number of ether oxygens (including phenoxy) is 3. The van der Waals surface area contributed by atoms with E-state index in [9.17, 15) is 15.0 Å². The van der Waals surface area contributed by atoms with Crippen molar-refractivity contribution in [3.05, 3.63) is 16.7 Å². The molecule has 0 bridgehead atoms. The van der Waals surface area contributed by atoms with Crippen LogP contribution in [0.2, 0.25) is 5.02 Å². The van der Waals surface area contributed by atoms with E-state index in [0.717, 1.165) is 7.11 Å². The summed E-state index contributed by atoms with van der Waals surface area (Å²) in [5.41, 5.74) is -0.108. The number of esters is 1. The normalized spacial score (nSPS) is 11.8. The Hall–Kier alpha value is -1.66. The molecule has 1 rings (SSSR count). The van der Waals surface area contributed by atoms with Crippen LogP contribution in [0.25, 0.3) is 0 Å². The summed E-state index contributed by atoms with van der Waals surface area (Å²) in [6.07, 6.45) is -1.68. The standard InChI is InChI=1S/C11H13ClO6/c1-16-6-4-5(13)8(12)7(10(6)17-2)9(14)11(15)18-3/h4,9,13-14H,1-3H3. The molecular weight excluding hydrogens is 264 g/mol. The fourth-order valence-corrected chi connectivity index (χ4v) is 1.70. The van der Waals surface area contributed by atoms with Gasteiger partial charge in [-0.1, -0.05) is 11.6 Å². The van der Waals surface area contributed by atoms with E-state index < -0.39 is 12.1 Å². The molecule has 0 fully saturated rings. The minimum atomic E-state index is -1.68. The highest BCUT2D eigenvalue weighted by molar-refractivity contribution is 6.33. The lowest BCUT2D eigenvalue weighted by atomic mass is 10.1. The van der Waals surface area contributed by atoms with Gasteiger partial charge in [0.25, 0.3) is 0 Å². The van der Waals surface area contributed by atoms with Gasteiger partial charge in [-0.2, -0.15) is 0 Å². The maximum Gasteiger partial charge on any atom is 0.339 e. The van der Waals surface area contributed by atoms with Gasteiger partial charge >= 0.3 is 5.97 Å². The Bertz CT molecular complexity index is 459. The van der Waals surface area contributed by atoms with E-state index in [2.05, 4.69) is 4.74 Å². The van der Waals surface area contributed by atoms with Crippen molar-refractivity contribution in [2.45, 2.75) is 6.10 Å². The van der Waals surface area contributed by atoms with Crippen LogP contribution in [0.3, 0.4) is 0 Å². The Morgan fingerprint density at radius 1 is 1.33 bits per heavy atom. The van der Waals surface area contributed by atoms with Crippen molar-refractivity contribution in [3.8, 4) is 17.2 Å². The zero-order chi connectivity index (χ0) is 13.9. The number of phenolic OH excluding ortho intramolecular Hbond substituents is 1. The van der Waals surface area contributed by atoms with Crippen LogP contribution in [0.4, 0.5) is 0 Å². The van der Waals surface area contributed by atoms with E-state index in [0.29, 0.717) is 0 Å². The Labute approximate surface area is 109 Å². The molecule has 0 aliphatic rings. The number of methoxy groups -OCH3 is 3. The van der Waals surface area contributed by atoms with Gasteiger partial charge in [0.1, 0.15) is 5.75 Å². The molecule has 0 spiro atoms. The maximum absolute atomic E-state index is 11.3. The number of carbonyl (C=O) groups excluding carboxylic acids is 1. The summed E-state index contributed by atoms with van der Waals surface area (Å²) in [5.74, 6) is -1.08. The molecule has 100 valence electrons. The molecule has 18 heavy (non-hydrogen) atoms. The van der Waals surface area contributed by atoms with Gasteiger partial charge in [0, 0.05) is 6.07 Å². The zero-order valence-electron chi connectivity index (χ0n) is 10.1. The summed E-state index contributed by atoms with van der Waals surface area (Å²) in [4.78, 5) is 11.3. The van der Waals surface area contributed by atoms with E-state index in [4.69, 9.17) is 21.1 Å². The van der Waals surface area contributed by atoms with Crippen LogP contribution >= 0.6 is 11.6 Å². The second-order valence-electron chi connectivity index (χ2n) is 3.28. The molecule has 2 N–H and O–H groups in total. The van der Waals surface area contributed by atoms with Crippen molar-refractivity contribution in [2.75, 3.05) is 21.3 Å². The average Bonchev–Trinajstić information content (AvgIpc) is 2.39. The number of aliphatic hydroxyl groups excluding tert-OH is 1. The number of aromatic hydroxyl groups is 1. The summed E-state index contributed by atoms with van der Waals surface area (Å²) in [6.45, 7) is 0. The first-order valence-corrected chi connectivity index (χ1v) is 5.24. The first-order chi connectivity index (χ1) is 8.47. The third-order valence-corrected chi connectivity index (χ3v) is 2.72. The van der Waals surface area contributed by atoms with Gasteiger partial charge < -0.3 is 24.4 Å². The quantitative estimate of drug-likeness (QED) is 0.806. The van der Waals surface area contributed by atoms with Gasteiger partial charge in [-0.3, -0.25) is 0 Å². The number of rotatable bonds is 4. The Morgan fingerprint density at radius 2 is 1.94 bits per heavy atom. The zero-order valence-corrected chi connectivity index (χ0v) is 10.8. The summed E-state index contributed by atoms with van der Waals surface area (Å²) in [5, 5.41) is 19.2. The second-order valence-corrected chi connectivity index (χ2v) is 3.66. The topological polar surface area (TPSA) is 85.2 Å². The number of phenols is 1. The van der Waals surface area contributed by atoms with Gasteiger partial charge in [-0.15, -0.1) is 0 Å². The third kappa shape index (κ3) is 2.44. The fraction of sp³-hybridized carbons (Fsp3) is 0.364. The Kier molecular flexibility index (Phi) is 4.63. The summed E-state index contributed by atoms with van der Waals surface area (Å²) in [6, 6.07) is 1.22. The van der Waals surface area contributed by atoms with Crippen molar-refractivity contribution < 1.29 is 29.2 Å². The number of carbonyl (C=O) groups is 1. The monoisotopic (exact) mass is 276 g/mol. The highest BCUT2D eigenvalue weighted by Crippen LogP contribution is 2.45. The average molecular weight is 277 g/mol. The summed E-state index contributed by atoms with van der Waals surface area (Å²) < 4.78 is 14.4. The van der Waals surface area contributed by atoms with Gasteiger partial charge in [0.2, 0.25) is 0 Å². The minimum Gasteiger partial charge on any atom is -0.506 e. The predicted molar refractivity (Wildman–Crippen MR) is 63.2 cm³/mol. The molecule has 0 amide bonds. The van der Waals surface area contributed by atoms with Crippen LogP contribution < -0.4 is 9.47 Å². The van der Waals surface area contributed by atoms with Gasteiger partial charge in [-0.05, 0) is 0 Å². The molecule has 0 saturated carbocycles. The molecule has 0 saturated heterocycles. The van der Waals surface area contributed by atoms with Gasteiger partial charge in [-0.25, -0.2) is 4.79 Å². The van der Waals surface area contributed by atoms with Crippen molar-refractivity contribution in [1.82, 2.24) is 0 Å². The summed E-state index contributed by atoms with van der Waals surface area (Å²) in [7, 11) is 3.78. The van der Waals surface area contributed by atoms with Crippen molar-refractivity contribution in [3.63, 3.8) is 0 Å². The van der Waals surface area contributed by atoms with Crippen LogP contribution in [0.1, 0.15) is 11.7 Å². The van der Waals surface area contributed by atoms with Crippen LogP contribution in [0.5, 0.6) is 17.2 Å². The molecule has 1 aromatic carbocycles. The molecule has 1 aromatic rings. The second kappa shape index (κ2) is 5.79. The number of hydrogen-bond donors (Lipinski definition) is 2. The first kappa shape index (κ1) is 14.4. The Balaban J connectivity index is 3.48. The molecule has 0 aliphatic carbocycles. The van der Waals surface area contributed by atoms with Gasteiger partial charge in [0.15, 0.2) is 17.6 Å². The van der Waals surface area contributed by atoms with Crippen molar-refractivity contribution in [1.29, 1.82) is 0 Å². The van der Waals surface area contributed by atoms with E-state index in [1.807, 2.05) is 0 Å². The molecule has 1 unspecified atom stereocenters. The largest absolute Gasteiger partial charge is 0.506 e. The van der Waals surface area contributed by atoms with Crippen LogP contribution in [-0.2, 0) is 9.53 Å². The van der Waals surface area contributed by atoms with Crippen LogP contribution in [-0.4, -0.2) is 37.5 Å². The Morgan fingerprint density at radius 3 is 2.39 bits per heavy atom. The van der Waals surface area contributed by atoms with E-state index in [1.165, 1.54) is 20.3 Å². The minimum absolute atomic E-state index is 0.0539.